The third-order valence-corrected chi connectivity index (χ3v) is 3.52. The Hall–Kier alpha value is -1.46. The molecule has 1 atom stereocenters. The average Bonchev–Trinajstić information content (AvgIpc) is 2.31. The maximum absolute atomic E-state index is 11.8. The van der Waals surface area contributed by atoms with Crippen molar-refractivity contribution in [3.05, 3.63) is 34.9 Å². The summed E-state index contributed by atoms with van der Waals surface area (Å²) >= 11 is 5.85. The SMILES string of the molecule is CC#CCC(C(=O)O)(c1ccc(Cl)cc1)C(C)C. The molecule has 0 saturated heterocycles. The summed E-state index contributed by atoms with van der Waals surface area (Å²) in [5.41, 5.74) is -0.231. The molecule has 0 aliphatic rings. The lowest BCUT2D eigenvalue weighted by Crippen LogP contribution is -2.40. The Kier molecular flexibility index (Phi) is 4.81. The highest BCUT2D eigenvalue weighted by molar-refractivity contribution is 6.30. The van der Waals surface area contributed by atoms with Crippen molar-refractivity contribution in [1.29, 1.82) is 0 Å². The monoisotopic (exact) mass is 264 g/mol. The molecular formula is C15H17ClO2. The van der Waals surface area contributed by atoms with E-state index in [1.54, 1.807) is 31.2 Å². The molecule has 0 bridgehead atoms. The summed E-state index contributed by atoms with van der Waals surface area (Å²) in [6.07, 6.45) is 0.304. The number of rotatable bonds is 4. The van der Waals surface area contributed by atoms with Crippen LogP contribution in [-0.4, -0.2) is 11.1 Å². The Labute approximate surface area is 113 Å². The van der Waals surface area contributed by atoms with Crippen LogP contribution in [0.2, 0.25) is 5.02 Å². The first-order valence-electron chi connectivity index (χ1n) is 5.84. The molecule has 1 rings (SSSR count). The van der Waals surface area contributed by atoms with Gasteiger partial charge >= 0.3 is 5.97 Å². The molecule has 0 aliphatic heterocycles. The maximum atomic E-state index is 11.8. The van der Waals surface area contributed by atoms with Crippen molar-refractivity contribution in [2.75, 3.05) is 0 Å². The van der Waals surface area contributed by atoms with E-state index in [9.17, 15) is 9.90 Å². The van der Waals surface area contributed by atoms with Crippen molar-refractivity contribution >= 4 is 17.6 Å². The molecular weight excluding hydrogens is 248 g/mol. The van der Waals surface area contributed by atoms with Gasteiger partial charge in [-0.05, 0) is 30.5 Å². The average molecular weight is 265 g/mol. The summed E-state index contributed by atoms with van der Waals surface area (Å²) < 4.78 is 0. The zero-order valence-electron chi connectivity index (χ0n) is 10.8. The zero-order chi connectivity index (χ0) is 13.8. The fourth-order valence-corrected chi connectivity index (χ4v) is 2.19. The number of carboxylic acids is 1. The van der Waals surface area contributed by atoms with Gasteiger partial charge in [-0.25, -0.2) is 0 Å². The van der Waals surface area contributed by atoms with Crippen LogP contribution in [0.25, 0.3) is 0 Å². The lowest BCUT2D eigenvalue weighted by Gasteiger charge is -2.32. The van der Waals surface area contributed by atoms with Gasteiger partial charge < -0.3 is 5.11 Å². The largest absolute Gasteiger partial charge is 0.481 e. The van der Waals surface area contributed by atoms with Crippen molar-refractivity contribution in [2.45, 2.75) is 32.6 Å². The molecule has 0 heterocycles. The molecule has 3 heteroatoms. The van der Waals surface area contributed by atoms with Crippen LogP contribution < -0.4 is 0 Å². The van der Waals surface area contributed by atoms with Crippen LogP contribution in [0, 0.1) is 17.8 Å². The van der Waals surface area contributed by atoms with Gasteiger partial charge in [0.15, 0.2) is 0 Å². The highest BCUT2D eigenvalue weighted by Gasteiger charge is 2.42. The molecule has 18 heavy (non-hydrogen) atoms. The number of hydrogen-bond acceptors (Lipinski definition) is 1. The topological polar surface area (TPSA) is 37.3 Å². The minimum atomic E-state index is -0.979. The first-order chi connectivity index (χ1) is 8.45. The highest BCUT2D eigenvalue weighted by atomic mass is 35.5. The van der Waals surface area contributed by atoms with Gasteiger partial charge in [-0.2, -0.15) is 0 Å². The van der Waals surface area contributed by atoms with E-state index >= 15 is 0 Å². The van der Waals surface area contributed by atoms with Gasteiger partial charge in [0.05, 0.1) is 0 Å². The maximum Gasteiger partial charge on any atom is 0.315 e. The Balaban J connectivity index is 3.36. The van der Waals surface area contributed by atoms with Crippen molar-refractivity contribution in [2.24, 2.45) is 5.92 Å². The number of hydrogen-bond donors (Lipinski definition) is 1. The van der Waals surface area contributed by atoms with Gasteiger partial charge in [0.2, 0.25) is 0 Å². The fourth-order valence-electron chi connectivity index (χ4n) is 2.06. The van der Waals surface area contributed by atoms with E-state index in [1.165, 1.54) is 0 Å². The molecule has 0 amide bonds. The summed E-state index contributed by atoms with van der Waals surface area (Å²) in [5, 5.41) is 10.2. The molecule has 0 aliphatic carbocycles. The summed E-state index contributed by atoms with van der Waals surface area (Å²) in [6.45, 7) is 5.52. The van der Waals surface area contributed by atoms with Crippen LogP contribution in [0.4, 0.5) is 0 Å². The molecule has 0 fully saturated rings. The van der Waals surface area contributed by atoms with E-state index in [4.69, 9.17) is 11.6 Å². The van der Waals surface area contributed by atoms with Gasteiger partial charge in [0, 0.05) is 11.4 Å². The van der Waals surface area contributed by atoms with E-state index in [0.29, 0.717) is 11.4 Å². The van der Waals surface area contributed by atoms with Crippen molar-refractivity contribution in [3.63, 3.8) is 0 Å². The Bertz CT molecular complexity index is 479. The van der Waals surface area contributed by atoms with Crippen LogP contribution in [0.15, 0.2) is 24.3 Å². The van der Waals surface area contributed by atoms with Crippen LogP contribution in [0.5, 0.6) is 0 Å². The first kappa shape index (κ1) is 14.6. The van der Waals surface area contributed by atoms with Gasteiger partial charge in [-0.15, -0.1) is 11.8 Å². The second kappa shape index (κ2) is 5.93. The molecule has 1 aromatic rings. The Morgan fingerprint density at radius 3 is 2.33 bits per heavy atom. The van der Waals surface area contributed by atoms with Gasteiger partial charge in [0.1, 0.15) is 5.41 Å². The number of benzene rings is 1. The molecule has 96 valence electrons. The predicted molar refractivity (Wildman–Crippen MR) is 73.7 cm³/mol. The quantitative estimate of drug-likeness (QED) is 0.842. The molecule has 0 aromatic heterocycles. The van der Waals surface area contributed by atoms with E-state index in [0.717, 1.165) is 5.56 Å². The number of carbonyl (C=O) groups is 1. The molecule has 1 aromatic carbocycles. The van der Waals surface area contributed by atoms with Gasteiger partial charge in [-0.1, -0.05) is 37.6 Å². The number of halogens is 1. The zero-order valence-corrected chi connectivity index (χ0v) is 11.6. The van der Waals surface area contributed by atoms with E-state index in [2.05, 4.69) is 11.8 Å². The summed E-state index contributed by atoms with van der Waals surface area (Å²) in [6, 6.07) is 6.98. The van der Waals surface area contributed by atoms with Crippen molar-refractivity contribution in [1.82, 2.24) is 0 Å². The van der Waals surface area contributed by atoms with Gasteiger partial charge in [0.25, 0.3) is 0 Å². The van der Waals surface area contributed by atoms with Crippen LogP contribution in [0.3, 0.4) is 0 Å². The highest BCUT2D eigenvalue weighted by Crippen LogP contribution is 2.36. The fraction of sp³-hybridized carbons (Fsp3) is 0.400. The standard InChI is InChI=1S/C15H17ClO2/c1-4-5-10-15(11(2)3,14(17)18)12-6-8-13(16)9-7-12/h6-9,11H,10H2,1-3H3,(H,17,18). The Morgan fingerprint density at radius 1 is 1.39 bits per heavy atom. The van der Waals surface area contributed by atoms with Gasteiger partial charge in [-0.3, -0.25) is 4.79 Å². The van der Waals surface area contributed by atoms with E-state index < -0.39 is 11.4 Å². The third kappa shape index (κ3) is 2.68. The Morgan fingerprint density at radius 2 is 1.94 bits per heavy atom. The molecule has 0 radical (unpaired) electrons. The second-order valence-electron chi connectivity index (χ2n) is 4.54. The third-order valence-electron chi connectivity index (χ3n) is 3.27. The lowest BCUT2D eigenvalue weighted by molar-refractivity contribution is -0.145. The normalized spacial score (nSPS) is 13.6. The predicted octanol–water partition coefficient (Wildman–Crippen LogP) is 3.73. The summed E-state index contributed by atoms with van der Waals surface area (Å²) in [5.74, 6) is 4.77. The number of aliphatic carboxylic acids is 1. The van der Waals surface area contributed by atoms with Crippen LogP contribution >= 0.6 is 11.6 Å². The minimum absolute atomic E-state index is 0.0583. The lowest BCUT2D eigenvalue weighted by atomic mass is 9.69. The molecule has 1 N–H and O–H groups in total. The van der Waals surface area contributed by atoms with Crippen molar-refractivity contribution < 1.29 is 9.90 Å². The van der Waals surface area contributed by atoms with E-state index in [1.807, 2.05) is 13.8 Å². The smallest absolute Gasteiger partial charge is 0.315 e. The summed E-state index contributed by atoms with van der Waals surface area (Å²) in [7, 11) is 0. The molecule has 1 unspecified atom stereocenters. The van der Waals surface area contributed by atoms with Crippen LogP contribution in [0.1, 0.15) is 32.8 Å². The van der Waals surface area contributed by atoms with Crippen molar-refractivity contribution in [3.8, 4) is 11.8 Å². The first-order valence-corrected chi connectivity index (χ1v) is 6.22. The number of carboxylic acid groups (broad SMARTS) is 1. The minimum Gasteiger partial charge on any atom is -0.481 e. The van der Waals surface area contributed by atoms with E-state index in [-0.39, 0.29) is 5.92 Å². The summed E-state index contributed by atoms with van der Waals surface area (Å²) in [4.78, 5) is 11.8. The molecule has 0 saturated carbocycles. The van der Waals surface area contributed by atoms with Crippen LogP contribution in [-0.2, 0) is 10.2 Å². The molecule has 2 nitrogen and oxygen atoms in total. The molecule has 0 spiro atoms. The second-order valence-corrected chi connectivity index (χ2v) is 4.98.